The van der Waals surface area contributed by atoms with Crippen LogP contribution < -0.4 is 5.56 Å². The van der Waals surface area contributed by atoms with Crippen molar-refractivity contribution in [2.75, 3.05) is 0 Å². The largest absolute Gasteiger partial charge is 2.00 e. The van der Waals surface area contributed by atoms with Crippen molar-refractivity contribution in [1.82, 2.24) is 10.2 Å². The maximum atomic E-state index is 10.8. The second-order valence-corrected chi connectivity index (χ2v) is 3.75. The van der Waals surface area contributed by atoms with E-state index in [1.165, 1.54) is 6.07 Å². The Morgan fingerprint density at radius 3 is 2.44 bits per heavy atom. The zero-order valence-electron chi connectivity index (χ0n) is 10.2. The minimum absolute atomic E-state index is 0. The van der Waals surface area contributed by atoms with Crippen LogP contribution >= 0.6 is 23.2 Å². The van der Waals surface area contributed by atoms with E-state index < -0.39 is 0 Å². The van der Waals surface area contributed by atoms with Gasteiger partial charge in [-0.2, -0.15) is 5.10 Å². The van der Waals surface area contributed by atoms with E-state index in [4.69, 9.17) is 23.2 Å². The topological polar surface area (TPSA) is 45.8 Å². The van der Waals surface area contributed by atoms with Gasteiger partial charge in [-0.15, -0.1) is 0 Å². The Kier molecular flexibility index (Phi) is 5.28. The fraction of sp³-hybridized carbons (Fsp3) is 0. The molecular formula is C10H8CaCl2N2O. The summed E-state index contributed by atoms with van der Waals surface area (Å²) in [4.78, 5) is 10.8. The molecule has 2 rings (SSSR count). The molecule has 0 spiro atoms. The molecule has 1 N–H and O–H groups in total. The number of halogens is 2. The number of aromatic nitrogens is 2. The van der Waals surface area contributed by atoms with E-state index in [-0.39, 0.29) is 46.2 Å². The van der Waals surface area contributed by atoms with E-state index in [1.807, 2.05) is 0 Å². The first-order chi connectivity index (χ1) is 7.16. The Balaban J connectivity index is 0. The summed E-state index contributed by atoms with van der Waals surface area (Å²) in [6.07, 6.45) is 0. The molecule has 0 aliphatic rings. The van der Waals surface area contributed by atoms with Crippen LogP contribution in [0.2, 0.25) is 10.0 Å². The first-order valence-corrected chi connectivity index (χ1v) is 4.93. The third-order valence-corrected chi connectivity index (χ3v) is 2.63. The number of aromatic amines is 1. The average molecular weight is 283 g/mol. The van der Waals surface area contributed by atoms with Crippen molar-refractivity contribution in [3.8, 4) is 11.3 Å². The Labute approximate surface area is 135 Å². The molecule has 0 saturated heterocycles. The van der Waals surface area contributed by atoms with E-state index in [1.54, 1.807) is 24.3 Å². The molecule has 0 unspecified atom stereocenters. The van der Waals surface area contributed by atoms with Crippen LogP contribution in [0.4, 0.5) is 0 Å². The van der Waals surface area contributed by atoms with Crippen LogP contribution in [0.15, 0.2) is 35.1 Å². The Bertz CT molecular complexity index is 545. The summed E-state index contributed by atoms with van der Waals surface area (Å²) in [5.41, 5.74) is 1.22. The number of hydrogen-bond acceptors (Lipinski definition) is 2. The molecule has 16 heavy (non-hydrogen) atoms. The summed E-state index contributed by atoms with van der Waals surface area (Å²) in [7, 11) is 0. The van der Waals surface area contributed by atoms with Gasteiger partial charge in [-0.05, 0) is 18.2 Å². The molecule has 2 aromatic rings. The summed E-state index contributed by atoms with van der Waals surface area (Å²) >= 11 is 11.6. The summed E-state index contributed by atoms with van der Waals surface area (Å²) in [6, 6.07) is 8.20. The Morgan fingerprint density at radius 2 is 1.88 bits per heavy atom. The number of nitrogens with zero attached hydrogens (tertiary/aromatic N) is 1. The minimum atomic E-state index is -0.237. The molecule has 1 aromatic heterocycles. The zero-order chi connectivity index (χ0) is 10.8. The van der Waals surface area contributed by atoms with Crippen molar-refractivity contribution < 1.29 is 2.85 Å². The average Bonchev–Trinajstić information content (AvgIpc) is 2.23. The fourth-order valence-corrected chi connectivity index (χ4v) is 1.46. The second kappa shape index (κ2) is 6.03. The van der Waals surface area contributed by atoms with Crippen LogP contribution in [-0.2, 0) is 0 Å². The minimum Gasteiger partial charge on any atom is -1.00 e. The van der Waals surface area contributed by atoms with Gasteiger partial charge in [0.25, 0.3) is 5.56 Å². The second-order valence-electron chi connectivity index (χ2n) is 2.94. The first kappa shape index (κ1) is 14.0. The molecule has 6 heteroatoms. The number of benzene rings is 1. The van der Waals surface area contributed by atoms with Crippen molar-refractivity contribution in [1.29, 1.82) is 0 Å². The first-order valence-electron chi connectivity index (χ1n) is 4.18. The van der Waals surface area contributed by atoms with Gasteiger partial charge in [-0.3, -0.25) is 4.79 Å². The molecule has 0 aliphatic carbocycles. The van der Waals surface area contributed by atoms with Gasteiger partial charge in [0, 0.05) is 11.6 Å². The van der Waals surface area contributed by atoms with Crippen LogP contribution in [0.5, 0.6) is 0 Å². The van der Waals surface area contributed by atoms with Crippen molar-refractivity contribution in [2.45, 2.75) is 0 Å². The third kappa shape index (κ3) is 3.22. The van der Waals surface area contributed by atoms with Crippen LogP contribution in [0, 0.1) is 0 Å². The van der Waals surface area contributed by atoms with Gasteiger partial charge in [-0.1, -0.05) is 29.3 Å². The van der Waals surface area contributed by atoms with Crippen molar-refractivity contribution in [3.05, 3.63) is 50.7 Å². The summed E-state index contributed by atoms with van der Waals surface area (Å²) in [6.45, 7) is 0. The molecule has 0 fully saturated rings. The van der Waals surface area contributed by atoms with Crippen LogP contribution in [0.25, 0.3) is 11.3 Å². The quantitative estimate of drug-likeness (QED) is 0.818. The van der Waals surface area contributed by atoms with E-state index >= 15 is 0 Å². The number of hydrogen-bond donors (Lipinski definition) is 1. The summed E-state index contributed by atoms with van der Waals surface area (Å²) in [5.74, 6) is 0. The van der Waals surface area contributed by atoms with Crippen molar-refractivity contribution in [2.24, 2.45) is 0 Å². The van der Waals surface area contributed by atoms with Gasteiger partial charge in [-0.25, -0.2) is 5.10 Å². The smallest absolute Gasteiger partial charge is 1.00 e. The molecule has 3 nitrogen and oxygen atoms in total. The number of rotatable bonds is 1. The van der Waals surface area contributed by atoms with Crippen LogP contribution in [0.3, 0.4) is 0 Å². The summed E-state index contributed by atoms with van der Waals surface area (Å²) in [5, 5.41) is 7.18. The van der Waals surface area contributed by atoms with Crippen molar-refractivity contribution >= 4 is 60.9 Å². The van der Waals surface area contributed by atoms with Gasteiger partial charge in [0.05, 0.1) is 15.7 Å². The standard InChI is InChI=1S/C10H6Cl2N2O.Ca.2H/c11-7-2-1-6(5-8(7)12)9-3-4-10(15)14-13-9;;;/h1-5H,(H,14,15);;;/q;+2;2*-1. The molecule has 1 aromatic carbocycles. The summed E-state index contributed by atoms with van der Waals surface area (Å²) < 4.78 is 0. The molecule has 0 saturated carbocycles. The third-order valence-electron chi connectivity index (χ3n) is 1.89. The normalized spacial score (nSPS) is 9.62. The predicted molar refractivity (Wildman–Crippen MR) is 68.3 cm³/mol. The predicted octanol–water partition coefficient (Wildman–Crippen LogP) is 2.59. The SMILES string of the molecule is O=c1ccc(-c2ccc(Cl)c(Cl)c2)n[nH]1.[Ca+2].[H-].[H-]. The van der Waals surface area contributed by atoms with Crippen LogP contribution in [0.1, 0.15) is 2.85 Å². The molecule has 0 atom stereocenters. The van der Waals surface area contributed by atoms with Gasteiger partial charge < -0.3 is 2.85 Å². The molecular weight excluding hydrogens is 275 g/mol. The molecule has 0 amide bonds. The molecule has 1 heterocycles. The maximum absolute atomic E-state index is 10.8. The van der Waals surface area contributed by atoms with Crippen molar-refractivity contribution in [3.63, 3.8) is 0 Å². The number of H-pyrrole nitrogens is 1. The molecule has 0 bridgehead atoms. The van der Waals surface area contributed by atoms with Gasteiger partial charge in [0.15, 0.2) is 0 Å². The molecule has 0 radical (unpaired) electrons. The molecule has 80 valence electrons. The van der Waals surface area contributed by atoms with Gasteiger partial charge in [0.1, 0.15) is 0 Å². The Hall–Kier alpha value is -0.0603. The van der Waals surface area contributed by atoms with E-state index in [0.29, 0.717) is 15.7 Å². The van der Waals surface area contributed by atoms with Gasteiger partial charge in [0.2, 0.25) is 0 Å². The zero-order valence-corrected chi connectivity index (χ0v) is 11.9. The maximum Gasteiger partial charge on any atom is 2.00 e. The molecule has 0 aliphatic heterocycles. The fourth-order valence-electron chi connectivity index (χ4n) is 1.16. The van der Waals surface area contributed by atoms with E-state index in [2.05, 4.69) is 10.2 Å². The van der Waals surface area contributed by atoms with E-state index in [0.717, 1.165) is 5.56 Å². The van der Waals surface area contributed by atoms with Crippen LogP contribution in [-0.4, -0.2) is 47.9 Å². The van der Waals surface area contributed by atoms with E-state index in [9.17, 15) is 4.79 Å². The number of nitrogens with one attached hydrogen (secondary N) is 1. The monoisotopic (exact) mass is 282 g/mol. The Morgan fingerprint density at radius 1 is 1.12 bits per heavy atom. The van der Waals surface area contributed by atoms with Gasteiger partial charge >= 0.3 is 37.7 Å².